The van der Waals surface area contributed by atoms with Crippen LogP contribution in [-0.2, 0) is 9.59 Å². The molecule has 0 saturated heterocycles. The largest absolute Gasteiger partial charge is 0.382 e. The zero-order valence-electron chi connectivity index (χ0n) is 32.9. The van der Waals surface area contributed by atoms with Crippen LogP contribution >= 0.6 is 0 Å². The number of likely N-dealkylation sites (N-methyl/N-ethyl adjacent to an activating group) is 5. The first-order valence-electron chi connectivity index (χ1n) is 19.9. The van der Waals surface area contributed by atoms with Gasteiger partial charge in [-0.15, -0.1) is 0 Å². The molecule has 0 aromatic rings. The monoisotopic (exact) mass is 684 g/mol. The maximum Gasteiger partial charge on any atom is 0.252 e. The Kier molecular flexibility index (Phi) is 30.9. The van der Waals surface area contributed by atoms with E-state index < -0.39 is 12.2 Å². The van der Waals surface area contributed by atoms with Crippen molar-refractivity contribution >= 4 is 11.8 Å². The standard InChI is InChI=1S/C39H81N5O4/c1-8-10-12-14-16-18-20-22-24-26-28-43(6)38(47)36(45)34-41(4)32-30-40(3)31-33-42(5)35-37(46)39(48)44(7)29-27-25-23-21-19-17-15-13-11-9-2/h36-37,45-46H,8-35H2,1-7H3. The Balaban J connectivity index is 4.02. The first-order valence-corrected chi connectivity index (χ1v) is 19.9. The molecule has 0 saturated carbocycles. The molecule has 9 nitrogen and oxygen atoms in total. The normalized spacial score (nSPS) is 13.1. The van der Waals surface area contributed by atoms with Crippen molar-refractivity contribution in [3.63, 3.8) is 0 Å². The topological polar surface area (TPSA) is 90.8 Å². The van der Waals surface area contributed by atoms with Crippen molar-refractivity contribution in [3.05, 3.63) is 0 Å². The van der Waals surface area contributed by atoms with E-state index in [4.69, 9.17) is 0 Å². The number of rotatable bonds is 34. The summed E-state index contributed by atoms with van der Waals surface area (Å²) in [6, 6.07) is 0. The summed E-state index contributed by atoms with van der Waals surface area (Å²) >= 11 is 0. The molecule has 0 aliphatic carbocycles. The quantitative estimate of drug-likeness (QED) is 0.0774. The minimum absolute atomic E-state index is 0.199. The lowest BCUT2D eigenvalue weighted by Gasteiger charge is -2.28. The predicted molar refractivity (Wildman–Crippen MR) is 203 cm³/mol. The van der Waals surface area contributed by atoms with Gasteiger partial charge in [-0.05, 0) is 34.0 Å². The second kappa shape index (κ2) is 31.7. The van der Waals surface area contributed by atoms with Crippen LogP contribution < -0.4 is 0 Å². The zero-order valence-corrected chi connectivity index (χ0v) is 32.9. The molecule has 0 aliphatic rings. The summed E-state index contributed by atoms with van der Waals surface area (Å²) in [5, 5.41) is 21.1. The van der Waals surface area contributed by atoms with Crippen molar-refractivity contribution in [2.24, 2.45) is 0 Å². The Morgan fingerprint density at radius 2 is 0.646 bits per heavy atom. The highest BCUT2D eigenvalue weighted by atomic mass is 16.3. The van der Waals surface area contributed by atoms with Crippen LogP contribution in [0, 0.1) is 0 Å². The van der Waals surface area contributed by atoms with Gasteiger partial charge in [0.25, 0.3) is 11.8 Å². The number of amides is 2. The van der Waals surface area contributed by atoms with E-state index in [9.17, 15) is 19.8 Å². The van der Waals surface area contributed by atoms with Crippen LogP contribution in [0.1, 0.15) is 142 Å². The van der Waals surface area contributed by atoms with Crippen molar-refractivity contribution in [1.82, 2.24) is 24.5 Å². The van der Waals surface area contributed by atoms with Gasteiger partial charge < -0.3 is 34.7 Å². The van der Waals surface area contributed by atoms with Gasteiger partial charge in [0.05, 0.1) is 0 Å². The number of nitrogens with zero attached hydrogens (tertiary/aromatic N) is 5. The molecule has 2 unspecified atom stereocenters. The summed E-state index contributed by atoms with van der Waals surface area (Å²) in [6.45, 7) is 9.58. The third-order valence-electron chi connectivity index (χ3n) is 9.71. The van der Waals surface area contributed by atoms with Gasteiger partial charge in [-0.1, -0.05) is 129 Å². The molecule has 286 valence electrons. The summed E-state index contributed by atoms with van der Waals surface area (Å²) in [5.74, 6) is -0.398. The van der Waals surface area contributed by atoms with Gasteiger partial charge in [-0.2, -0.15) is 0 Å². The lowest BCUT2D eigenvalue weighted by Crippen LogP contribution is -2.45. The van der Waals surface area contributed by atoms with Crippen molar-refractivity contribution < 1.29 is 19.8 Å². The number of carbonyl (C=O) groups is 2. The van der Waals surface area contributed by atoms with Gasteiger partial charge in [0.2, 0.25) is 0 Å². The highest BCUT2D eigenvalue weighted by Gasteiger charge is 2.22. The third-order valence-corrected chi connectivity index (χ3v) is 9.71. The van der Waals surface area contributed by atoms with E-state index >= 15 is 0 Å². The van der Waals surface area contributed by atoms with Crippen LogP contribution in [0.3, 0.4) is 0 Å². The van der Waals surface area contributed by atoms with E-state index in [1.165, 1.54) is 103 Å². The Bertz CT molecular complexity index is 698. The van der Waals surface area contributed by atoms with Crippen LogP contribution in [-0.4, -0.2) is 146 Å². The number of hydrogen-bond donors (Lipinski definition) is 2. The number of aliphatic hydroxyl groups excluding tert-OH is 2. The van der Waals surface area contributed by atoms with Crippen molar-refractivity contribution in [1.29, 1.82) is 0 Å². The van der Waals surface area contributed by atoms with E-state index in [1.54, 1.807) is 23.9 Å². The molecule has 0 spiro atoms. The minimum atomic E-state index is -1.01. The molecule has 2 N–H and O–H groups in total. The summed E-state index contributed by atoms with van der Waals surface area (Å²) < 4.78 is 0. The second-order valence-corrected chi connectivity index (χ2v) is 14.7. The van der Waals surface area contributed by atoms with E-state index in [0.717, 1.165) is 51.9 Å². The Labute approximate surface area is 297 Å². The number of carbonyl (C=O) groups excluding carboxylic acids is 2. The molecule has 0 rings (SSSR count). The van der Waals surface area contributed by atoms with Gasteiger partial charge in [0.15, 0.2) is 0 Å². The molecule has 0 aromatic carbocycles. The molecule has 0 aliphatic heterocycles. The highest BCUT2D eigenvalue weighted by molar-refractivity contribution is 5.81. The van der Waals surface area contributed by atoms with Gasteiger partial charge >= 0.3 is 0 Å². The SMILES string of the molecule is CCCCCCCCCCCCN(C)C(=O)C(O)CN(C)CCN(C)CCN(C)CC(O)C(=O)N(C)CCCCCCCCCCCC. The van der Waals surface area contributed by atoms with E-state index in [-0.39, 0.29) is 11.8 Å². The first kappa shape index (κ1) is 46.7. The zero-order chi connectivity index (χ0) is 36.0. The molecule has 0 fully saturated rings. The first-order chi connectivity index (χ1) is 23.0. The summed E-state index contributed by atoms with van der Waals surface area (Å²) in [7, 11) is 9.51. The molecule has 9 heteroatoms. The minimum Gasteiger partial charge on any atom is -0.382 e. The van der Waals surface area contributed by atoms with Crippen molar-refractivity contribution in [2.75, 3.05) is 87.6 Å². The summed E-state index contributed by atoms with van der Waals surface area (Å²) in [6.07, 6.45) is 23.3. The van der Waals surface area contributed by atoms with E-state index in [2.05, 4.69) is 18.7 Å². The van der Waals surface area contributed by atoms with Gasteiger partial charge in [-0.25, -0.2) is 0 Å². The fourth-order valence-electron chi connectivity index (χ4n) is 6.13. The maximum absolute atomic E-state index is 12.7. The molecule has 0 bridgehead atoms. The molecular formula is C39H81N5O4. The third kappa shape index (κ3) is 26.6. The Hall–Kier alpha value is -1.26. The van der Waals surface area contributed by atoms with Crippen LogP contribution in [0.5, 0.6) is 0 Å². The highest BCUT2D eigenvalue weighted by Crippen LogP contribution is 2.12. The van der Waals surface area contributed by atoms with E-state index in [0.29, 0.717) is 26.2 Å². The van der Waals surface area contributed by atoms with Gasteiger partial charge in [-0.3, -0.25) is 9.59 Å². The summed E-state index contributed by atoms with van der Waals surface area (Å²) in [5.41, 5.74) is 0. The molecule has 2 amide bonds. The maximum atomic E-state index is 12.7. The molecule has 0 radical (unpaired) electrons. The number of aliphatic hydroxyl groups is 2. The fourth-order valence-corrected chi connectivity index (χ4v) is 6.13. The molecule has 2 atom stereocenters. The second-order valence-electron chi connectivity index (χ2n) is 14.7. The number of hydrogen-bond acceptors (Lipinski definition) is 7. The average Bonchev–Trinajstić information content (AvgIpc) is 3.06. The van der Waals surface area contributed by atoms with Crippen LogP contribution in [0.2, 0.25) is 0 Å². The van der Waals surface area contributed by atoms with Gasteiger partial charge in [0.1, 0.15) is 12.2 Å². The lowest BCUT2D eigenvalue weighted by atomic mass is 10.1. The Morgan fingerprint density at radius 3 is 0.938 bits per heavy atom. The smallest absolute Gasteiger partial charge is 0.252 e. The molecule has 48 heavy (non-hydrogen) atoms. The van der Waals surface area contributed by atoms with Gasteiger partial charge in [0, 0.05) is 66.5 Å². The van der Waals surface area contributed by atoms with Crippen LogP contribution in [0.15, 0.2) is 0 Å². The fraction of sp³-hybridized carbons (Fsp3) is 0.949. The lowest BCUT2D eigenvalue weighted by molar-refractivity contribution is -0.140. The van der Waals surface area contributed by atoms with Crippen LogP contribution in [0.25, 0.3) is 0 Å². The Morgan fingerprint density at radius 1 is 0.396 bits per heavy atom. The van der Waals surface area contributed by atoms with Crippen molar-refractivity contribution in [3.8, 4) is 0 Å². The van der Waals surface area contributed by atoms with E-state index in [1.807, 2.05) is 30.9 Å². The molecular weight excluding hydrogens is 602 g/mol. The predicted octanol–water partition coefficient (Wildman–Crippen LogP) is 6.26. The molecule has 0 heterocycles. The summed E-state index contributed by atoms with van der Waals surface area (Å²) in [4.78, 5) is 34.9. The average molecular weight is 684 g/mol. The molecule has 0 aromatic heterocycles. The number of unbranched alkanes of at least 4 members (excludes halogenated alkanes) is 18. The van der Waals surface area contributed by atoms with Crippen molar-refractivity contribution in [2.45, 2.75) is 154 Å². The van der Waals surface area contributed by atoms with Crippen LogP contribution in [0.4, 0.5) is 0 Å².